The standard InChI is InChI=1S/C27H31FN4O3S/c1-27(2,3)35-26(34)32-20-8-7-17(11-20)24(32)25(33)31-19(15-30-4)13-21-9-10-23(36-21)16-5-6-18(14-29)22(28)12-16/h5-6,9-10,12,15,17,19-20,24H,7-8,11,13H2,1-4H3,(H,31,33)/b30-15+/t17-,19-,20+,24-/m0/s1. The van der Waals surface area contributed by atoms with E-state index >= 15 is 0 Å². The molecule has 2 aromatic rings. The molecule has 7 nitrogen and oxygen atoms in total. The number of piperidine rings is 1. The fraction of sp³-hybridized carbons (Fsp3) is 0.481. The van der Waals surface area contributed by atoms with Crippen molar-refractivity contribution < 1.29 is 18.7 Å². The Bertz CT molecular complexity index is 1210. The van der Waals surface area contributed by atoms with Crippen molar-refractivity contribution in [2.75, 3.05) is 7.05 Å². The van der Waals surface area contributed by atoms with Gasteiger partial charge in [0.2, 0.25) is 5.91 Å². The summed E-state index contributed by atoms with van der Waals surface area (Å²) < 4.78 is 19.7. The van der Waals surface area contributed by atoms with Gasteiger partial charge in [0, 0.05) is 35.5 Å². The van der Waals surface area contributed by atoms with E-state index in [2.05, 4.69) is 10.3 Å². The first kappa shape index (κ1) is 25.8. The average molecular weight is 511 g/mol. The number of rotatable bonds is 6. The van der Waals surface area contributed by atoms with Gasteiger partial charge in [-0.1, -0.05) is 6.07 Å². The maximum absolute atomic E-state index is 14.1. The van der Waals surface area contributed by atoms with Crippen LogP contribution in [0, 0.1) is 23.1 Å². The Kier molecular flexibility index (Phi) is 7.46. The molecule has 2 bridgehead atoms. The molecule has 1 saturated carbocycles. The molecule has 36 heavy (non-hydrogen) atoms. The van der Waals surface area contributed by atoms with E-state index in [0.29, 0.717) is 12.0 Å². The summed E-state index contributed by atoms with van der Waals surface area (Å²) in [5, 5.41) is 12.0. The number of fused-ring (bicyclic) bond motifs is 2. The lowest BCUT2D eigenvalue weighted by Gasteiger charge is -2.36. The molecule has 2 aliphatic rings. The Morgan fingerprint density at radius 3 is 2.78 bits per heavy atom. The highest BCUT2D eigenvalue weighted by Crippen LogP contribution is 2.43. The minimum Gasteiger partial charge on any atom is -0.444 e. The molecule has 9 heteroatoms. The molecule has 1 aromatic heterocycles. The van der Waals surface area contributed by atoms with Crippen LogP contribution < -0.4 is 5.32 Å². The fourth-order valence-corrected chi connectivity index (χ4v) is 6.17. The minimum absolute atomic E-state index is 0.0125. The number of carbonyl (C=O) groups excluding carboxylic acids is 2. The highest BCUT2D eigenvalue weighted by Gasteiger charge is 2.52. The number of benzene rings is 1. The van der Waals surface area contributed by atoms with Gasteiger partial charge < -0.3 is 10.1 Å². The van der Waals surface area contributed by atoms with E-state index in [9.17, 15) is 14.0 Å². The fourth-order valence-electron chi connectivity index (χ4n) is 5.11. The summed E-state index contributed by atoms with van der Waals surface area (Å²) in [6.07, 6.45) is 4.40. The summed E-state index contributed by atoms with van der Waals surface area (Å²) in [7, 11) is 1.66. The number of hydrogen-bond donors (Lipinski definition) is 1. The quantitative estimate of drug-likeness (QED) is 0.557. The first-order valence-corrected chi connectivity index (χ1v) is 12.9. The van der Waals surface area contributed by atoms with E-state index in [4.69, 9.17) is 10.00 Å². The largest absolute Gasteiger partial charge is 0.444 e. The van der Waals surface area contributed by atoms with E-state index in [-0.39, 0.29) is 29.5 Å². The SMILES string of the molecule is C/N=C/[C@H](Cc1ccc(-c2ccc(C#N)c(F)c2)s1)NC(=O)[C@@H]1[C@H]2CC[C@H](C2)N1C(=O)OC(C)(C)C. The molecule has 2 fully saturated rings. The number of ether oxygens (including phenoxy) is 1. The van der Waals surface area contributed by atoms with Crippen LogP contribution in [-0.2, 0) is 16.0 Å². The molecule has 0 unspecified atom stereocenters. The van der Waals surface area contributed by atoms with Gasteiger partial charge in [0.25, 0.3) is 0 Å². The molecule has 0 spiro atoms. The summed E-state index contributed by atoms with van der Waals surface area (Å²) >= 11 is 1.50. The molecule has 1 saturated heterocycles. The summed E-state index contributed by atoms with van der Waals surface area (Å²) in [6, 6.07) is 9.38. The van der Waals surface area contributed by atoms with Gasteiger partial charge in [-0.25, -0.2) is 9.18 Å². The van der Waals surface area contributed by atoms with Gasteiger partial charge >= 0.3 is 6.09 Å². The van der Waals surface area contributed by atoms with Crippen LogP contribution in [-0.4, -0.2) is 53.9 Å². The lowest BCUT2D eigenvalue weighted by Crippen LogP contribution is -2.55. The lowest BCUT2D eigenvalue weighted by atomic mass is 9.97. The Balaban J connectivity index is 1.46. The maximum atomic E-state index is 14.1. The van der Waals surface area contributed by atoms with Crippen molar-refractivity contribution in [3.63, 3.8) is 0 Å². The number of likely N-dealkylation sites (tertiary alicyclic amines) is 1. The molecule has 2 heterocycles. The Labute approximate surface area is 215 Å². The topological polar surface area (TPSA) is 94.8 Å². The molecule has 1 N–H and O–H groups in total. The maximum Gasteiger partial charge on any atom is 0.411 e. The number of nitriles is 1. The van der Waals surface area contributed by atoms with Crippen LogP contribution in [0.1, 0.15) is 50.5 Å². The predicted octanol–water partition coefficient (Wildman–Crippen LogP) is 4.94. The number of amides is 2. The first-order chi connectivity index (χ1) is 17.1. The van der Waals surface area contributed by atoms with E-state index < -0.39 is 23.6 Å². The van der Waals surface area contributed by atoms with E-state index in [1.54, 1.807) is 24.2 Å². The Morgan fingerprint density at radius 1 is 1.33 bits per heavy atom. The molecule has 1 aliphatic heterocycles. The van der Waals surface area contributed by atoms with Crippen molar-refractivity contribution in [3.05, 3.63) is 46.6 Å². The zero-order valence-electron chi connectivity index (χ0n) is 21.0. The van der Waals surface area contributed by atoms with Crippen LogP contribution in [0.15, 0.2) is 35.3 Å². The first-order valence-electron chi connectivity index (χ1n) is 12.1. The number of nitrogens with zero attached hydrogens (tertiary/aromatic N) is 3. The van der Waals surface area contributed by atoms with Crippen LogP contribution in [0.5, 0.6) is 0 Å². The molecule has 2 amide bonds. The number of halogens is 1. The third-order valence-electron chi connectivity index (χ3n) is 6.57. The second-order valence-corrected chi connectivity index (χ2v) is 11.5. The number of nitrogens with one attached hydrogen (secondary N) is 1. The van der Waals surface area contributed by atoms with Gasteiger partial charge in [-0.05, 0) is 75.8 Å². The monoisotopic (exact) mass is 510 g/mol. The predicted molar refractivity (Wildman–Crippen MR) is 137 cm³/mol. The van der Waals surface area contributed by atoms with E-state index in [1.807, 2.05) is 39.0 Å². The van der Waals surface area contributed by atoms with Crippen molar-refractivity contribution >= 4 is 29.6 Å². The molecule has 1 aliphatic carbocycles. The third-order valence-corrected chi connectivity index (χ3v) is 7.73. The Hall–Kier alpha value is -3.25. The Morgan fingerprint density at radius 2 is 2.11 bits per heavy atom. The van der Waals surface area contributed by atoms with Gasteiger partial charge in [-0.3, -0.25) is 14.7 Å². The molecular weight excluding hydrogens is 479 g/mol. The smallest absolute Gasteiger partial charge is 0.411 e. The molecule has 4 rings (SSSR count). The van der Waals surface area contributed by atoms with Gasteiger partial charge in [-0.2, -0.15) is 5.26 Å². The van der Waals surface area contributed by atoms with Crippen molar-refractivity contribution in [2.45, 2.75) is 70.2 Å². The van der Waals surface area contributed by atoms with Crippen LogP contribution in [0.4, 0.5) is 9.18 Å². The van der Waals surface area contributed by atoms with Crippen molar-refractivity contribution in [2.24, 2.45) is 10.9 Å². The molecular formula is C27H31FN4O3S. The van der Waals surface area contributed by atoms with Crippen molar-refractivity contribution in [1.29, 1.82) is 5.26 Å². The second-order valence-electron chi connectivity index (χ2n) is 10.4. The molecule has 1 aromatic carbocycles. The highest BCUT2D eigenvalue weighted by atomic mass is 32.1. The molecule has 0 radical (unpaired) electrons. The van der Waals surface area contributed by atoms with Crippen LogP contribution in [0.25, 0.3) is 10.4 Å². The van der Waals surface area contributed by atoms with Crippen LogP contribution >= 0.6 is 11.3 Å². The molecule has 4 atom stereocenters. The highest BCUT2D eigenvalue weighted by molar-refractivity contribution is 7.15. The summed E-state index contributed by atoms with van der Waals surface area (Å²) in [6.45, 7) is 5.47. The van der Waals surface area contributed by atoms with Crippen molar-refractivity contribution in [3.8, 4) is 16.5 Å². The third kappa shape index (κ3) is 5.59. The van der Waals surface area contributed by atoms with Gasteiger partial charge in [0.1, 0.15) is 23.5 Å². The van der Waals surface area contributed by atoms with E-state index in [1.165, 1.54) is 23.5 Å². The minimum atomic E-state index is -0.633. The number of thiophene rings is 1. The summed E-state index contributed by atoms with van der Waals surface area (Å²) in [5.41, 5.74) is 0.0764. The summed E-state index contributed by atoms with van der Waals surface area (Å²) in [5.74, 6) is -0.612. The van der Waals surface area contributed by atoms with E-state index in [0.717, 1.165) is 29.0 Å². The molecule has 190 valence electrons. The van der Waals surface area contributed by atoms with Gasteiger partial charge in [-0.15, -0.1) is 11.3 Å². The zero-order chi connectivity index (χ0) is 26.0. The average Bonchev–Trinajstić information content (AvgIpc) is 3.54. The number of hydrogen-bond acceptors (Lipinski definition) is 6. The normalized spacial score (nSPS) is 22.0. The van der Waals surface area contributed by atoms with Gasteiger partial charge in [0.15, 0.2) is 0 Å². The van der Waals surface area contributed by atoms with Crippen molar-refractivity contribution in [1.82, 2.24) is 10.2 Å². The summed E-state index contributed by atoms with van der Waals surface area (Å²) in [4.78, 5) is 34.0. The lowest BCUT2D eigenvalue weighted by molar-refractivity contribution is -0.128. The number of carbonyl (C=O) groups is 2. The van der Waals surface area contributed by atoms with Crippen LogP contribution in [0.2, 0.25) is 0 Å². The van der Waals surface area contributed by atoms with Gasteiger partial charge in [0.05, 0.1) is 11.6 Å². The second kappa shape index (κ2) is 10.4. The van der Waals surface area contributed by atoms with Crippen LogP contribution in [0.3, 0.4) is 0 Å². The number of aliphatic imine (C=N–C) groups is 1. The zero-order valence-corrected chi connectivity index (χ0v) is 21.8.